The summed E-state index contributed by atoms with van der Waals surface area (Å²) in [7, 11) is -4.33. The first-order valence-corrected chi connectivity index (χ1v) is 11.6. The maximum absolute atomic E-state index is 13.3. The van der Waals surface area contributed by atoms with Gasteiger partial charge in [-0.05, 0) is 61.4 Å². The number of hydrogen-bond donors (Lipinski definition) is 1. The Balaban J connectivity index is 1.98. The predicted molar refractivity (Wildman–Crippen MR) is 122 cm³/mol. The lowest BCUT2D eigenvalue weighted by Crippen LogP contribution is -2.38. The Hall–Kier alpha value is -3.33. The van der Waals surface area contributed by atoms with Gasteiger partial charge in [0.1, 0.15) is 6.54 Å². The number of carbonyl (C=O) groups is 1. The van der Waals surface area contributed by atoms with Crippen molar-refractivity contribution >= 4 is 27.3 Å². The molecule has 33 heavy (non-hydrogen) atoms. The topological polar surface area (TPSA) is 66.5 Å². The summed E-state index contributed by atoms with van der Waals surface area (Å²) in [4.78, 5) is 12.6. The molecule has 3 rings (SSSR count). The molecule has 0 aliphatic heterocycles. The van der Waals surface area contributed by atoms with Gasteiger partial charge in [0, 0.05) is 5.69 Å². The van der Waals surface area contributed by atoms with Crippen LogP contribution in [-0.2, 0) is 27.4 Å². The molecule has 1 amide bonds. The van der Waals surface area contributed by atoms with Crippen molar-refractivity contribution in [3.05, 3.63) is 89.5 Å². The van der Waals surface area contributed by atoms with E-state index in [1.54, 1.807) is 31.2 Å². The highest BCUT2D eigenvalue weighted by Gasteiger charge is 2.33. The average molecular weight is 477 g/mol. The SMILES string of the molecule is CCc1ccc(NC(=O)CN(c2cccc(C(F)(F)F)c2)S(=O)(=O)c2ccc(C)cc2)cc1. The first kappa shape index (κ1) is 24.3. The third kappa shape index (κ3) is 5.92. The Morgan fingerprint density at radius 1 is 0.970 bits per heavy atom. The molecule has 0 radical (unpaired) electrons. The van der Waals surface area contributed by atoms with Gasteiger partial charge in [-0.15, -0.1) is 0 Å². The van der Waals surface area contributed by atoms with Crippen molar-refractivity contribution in [3.63, 3.8) is 0 Å². The maximum atomic E-state index is 13.3. The number of anilines is 2. The molecule has 0 bridgehead atoms. The number of carbonyl (C=O) groups excluding carboxylic acids is 1. The first-order valence-electron chi connectivity index (χ1n) is 10.2. The van der Waals surface area contributed by atoms with E-state index in [1.165, 1.54) is 18.2 Å². The normalized spacial score (nSPS) is 11.8. The van der Waals surface area contributed by atoms with Gasteiger partial charge in [0.25, 0.3) is 10.0 Å². The van der Waals surface area contributed by atoms with Crippen LogP contribution in [0, 0.1) is 6.92 Å². The van der Waals surface area contributed by atoms with Crippen LogP contribution in [0.5, 0.6) is 0 Å². The zero-order valence-electron chi connectivity index (χ0n) is 18.1. The van der Waals surface area contributed by atoms with Crippen LogP contribution in [0.3, 0.4) is 0 Å². The van der Waals surface area contributed by atoms with Gasteiger partial charge in [0.05, 0.1) is 16.1 Å². The van der Waals surface area contributed by atoms with Crippen LogP contribution in [0.4, 0.5) is 24.5 Å². The number of hydrogen-bond acceptors (Lipinski definition) is 3. The Kier molecular flexibility index (Phi) is 7.12. The van der Waals surface area contributed by atoms with E-state index in [0.717, 1.165) is 35.7 Å². The number of aryl methyl sites for hydroxylation is 2. The summed E-state index contributed by atoms with van der Waals surface area (Å²) < 4.78 is 67.1. The Bertz CT molecular complexity index is 1220. The number of benzene rings is 3. The molecule has 0 aromatic heterocycles. The lowest BCUT2D eigenvalue weighted by Gasteiger charge is -2.25. The van der Waals surface area contributed by atoms with E-state index in [1.807, 2.05) is 19.1 Å². The number of rotatable bonds is 7. The first-order chi connectivity index (χ1) is 15.5. The minimum absolute atomic E-state index is 0.134. The monoisotopic (exact) mass is 476 g/mol. The van der Waals surface area contributed by atoms with Gasteiger partial charge in [-0.1, -0.05) is 42.8 Å². The van der Waals surface area contributed by atoms with Crippen molar-refractivity contribution in [1.29, 1.82) is 0 Å². The van der Waals surface area contributed by atoms with Crippen molar-refractivity contribution in [2.75, 3.05) is 16.2 Å². The number of nitrogens with zero attached hydrogens (tertiary/aromatic N) is 1. The van der Waals surface area contributed by atoms with Crippen LogP contribution in [0.2, 0.25) is 0 Å². The molecule has 0 unspecified atom stereocenters. The fourth-order valence-corrected chi connectivity index (χ4v) is 4.56. The molecule has 174 valence electrons. The molecule has 3 aromatic rings. The largest absolute Gasteiger partial charge is 0.416 e. The molecule has 0 heterocycles. The van der Waals surface area contributed by atoms with E-state index < -0.39 is 34.2 Å². The summed E-state index contributed by atoms with van der Waals surface area (Å²) in [5.74, 6) is -0.688. The summed E-state index contributed by atoms with van der Waals surface area (Å²) >= 11 is 0. The molecule has 0 atom stereocenters. The minimum atomic E-state index is -4.67. The maximum Gasteiger partial charge on any atom is 0.416 e. The summed E-state index contributed by atoms with van der Waals surface area (Å²) in [6, 6.07) is 16.8. The van der Waals surface area contributed by atoms with Crippen molar-refractivity contribution in [2.24, 2.45) is 0 Å². The number of alkyl halides is 3. The number of amides is 1. The number of halogens is 3. The van der Waals surface area contributed by atoms with Gasteiger partial charge in [-0.25, -0.2) is 8.42 Å². The molecule has 1 N–H and O–H groups in total. The molecule has 0 saturated heterocycles. The minimum Gasteiger partial charge on any atom is -0.325 e. The van der Waals surface area contributed by atoms with E-state index in [4.69, 9.17) is 0 Å². The van der Waals surface area contributed by atoms with Crippen LogP contribution >= 0.6 is 0 Å². The van der Waals surface area contributed by atoms with E-state index in [9.17, 15) is 26.4 Å². The highest BCUT2D eigenvalue weighted by Crippen LogP contribution is 2.33. The second kappa shape index (κ2) is 9.66. The molecule has 9 heteroatoms. The average Bonchev–Trinajstić information content (AvgIpc) is 2.77. The second-order valence-electron chi connectivity index (χ2n) is 7.47. The fourth-order valence-electron chi connectivity index (χ4n) is 3.14. The third-order valence-corrected chi connectivity index (χ3v) is 6.79. The molecule has 0 saturated carbocycles. The molecule has 3 aromatic carbocycles. The van der Waals surface area contributed by atoms with Crippen LogP contribution in [0.15, 0.2) is 77.7 Å². The highest BCUT2D eigenvalue weighted by atomic mass is 32.2. The van der Waals surface area contributed by atoms with Crippen molar-refractivity contribution in [2.45, 2.75) is 31.3 Å². The lowest BCUT2D eigenvalue weighted by atomic mass is 10.1. The second-order valence-corrected chi connectivity index (χ2v) is 9.33. The molecule has 0 fully saturated rings. The predicted octanol–water partition coefficient (Wildman–Crippen LogP) is 5.41. The molecule has 0 aliphatic carbocycles. The van der Waals surface area contributed by atoms with Crippen molar-refractivity contribution < 1.29 is 26.4 Å². The molecule has 0 aliphatic rings. The smallest absolute Gasteiger partial charge is 0.325 e. The van der Waals surface area contributed by atoms with Crippen LogP contribution in [0.25, 0.3) is 0 Å². The zero-order chi connectivity index (χ0) is 24.2. The van der Waals surface area contributed by atoms with Gasteiger partial charge < -0.3 is 5.32 Å². The Morgan fingerprint density at radius 2 is 1.61 bits per heavy atom. The standard InChI is InChI=1S/C24H23F3N2O3S/c1-3-18-9-11-20(12-10-18)28-23(30)16-29(21-6-4-5-19(15-21)24(25,26)27)33(31,32)22-13-7-17(2)8-14-22/h4-15H,3,16H2,1-2H3,(H,28,30). The van der Waals surface area contributed by atoms with E-state index in [2.05, 4.69) is 5.32 Å². The summed E-state index contributed by atoms with van der Waals surface area (Å²) in [6.07, 6.45) is -3.86. The van der Waals surface area contributed by atoms with Gasteiger partial charge >= 0.3 is 6.18 Å². The highest BCUT2D eigenvalue weighted by molar-refractivity contribution is 7.92. The number of nitrogens with one attached hydrogen (secondary N) is 1. The van der Waals surface area contributed by atoms with Gasteiger partial charge in [-0.3, -0.25) is 9.10 Å². The van der Waals surface area contributed by atoms with Crippen LogP contribution < -0.4 is 9.62 Å². The quantitative estimate of drug-likeness (QED) is 0.496. The molecule has 0 spiro atoms. The molecular weight excluding hydrogens is 453 g/mol. The molecular formula is C24H23F3N2O3S. The fraction of sp³-hybridized carbons (Fsp3) is 0.208. The van der Waals surface area contributed by atoms with Crippen LogP contribution in [-0.4, -0.2) is 20.9 Å². The lowest BCUT2D eigenvalue weighted by molar-refractivity contribution is -0.137. The van der Waals surface area contributed by atoms with Crippen molar-refractivity contribution in [3.8, 4) is 0 Å². The Labute approximate surface area is 190 Å². The number of sulfonamides is 1. The summed E-state index contributed by atoms with van der Waals surface area (Å²) in [6.45, 7) is 3.06. The zero-order valence-corrected chi connectivity index (χ0v) is 18.9. The van der Waals surface area contributed by atoms with E-state index in [-0.39, 0.29) is 10.6 Å². The van der Waals surface area contributed by atoms with Gasteiger partial charge in [0.2, 0.25) is 5.91 Å². The van der Waals surface area contributed by atoms with Gasteiger partial charge in [0.15, 0.2) is 0 Å². The van der Waals surface area contributed by atoms with E-state index in [0.29, 0.717) is 9.99 Å². The van der Waals surface area contributed by atoms with Crippen molar-refractivity contribution in [1.82, 2.24) is 0 Å². The third-order valence-electron chi connectivity index (χ3n) is 5.00. The summed E-state index contributed by atoms with van der Waals surface area (Å²) in [5.41, 5.74) is 1.05. The van der Waals surface area contributed by atoms with Gasteiger partial charge in [-0.2, -0.15) is 13.2 Å². The van der Waals surface area contributed by atoms with E-state index >= 15 is 0 Å². The van der Waals surface area contributed by atoms with Crippen LogP contribution in [0.1, 0.15) is 23.6 Å². The Morgan fingerprint density at radius 3 is 2.18 bits per heavy atom. The molecule has 5 nitrogen and oxygen atoms in total. The summed E-state index contributed by atoms with van der Waals surface area (Å²) in [5, 5.41) is 2.60.